The molecular formula is C9H18N2O2. The van der Waals surface area contributed by atoms with Crippen LogP contribution in [0.15, 0.2) is 0 Å². The fraction of sp³-hybridized carbons (Fsp3) is 0.889. The maximum atomic E-state index is 10.7. The van der Waals surface area contributed by atoms with Crippen LogP contribution in [0.2, 0.25) is 0 Å². The highest BCUT2D eigenvalue weighted by Gasteiger charge is 2.30. The summed E-state index contributed by atoms with van der Waals surface area (Å²) in [7, 11) is 0. The molecule has 1 heterocycles. The van der Waals surface area contributed by atoms with Gasteiger partial charge in [0.1, 0.15) is 0 Å². The Morgan fingerprint density at radius 3 is 2.62 bits per heavy atom. The summed E-state index contributed by atoms with van der Waals surface area (Å²) in [4.78, 5) is 12.2. The minimum atomic E-state index is -0.809. The van der Waals surface area contributed by atoms with Crippen molar-refractivity contribution < 1.29 is 9.90 Å². The number of nitrogens with one attached hydrogen (secondary N) is 1. The Labute approximate surface area is 78.9 Å². The Bertz CT molecular complexity index is 198. The predicted octanol–water partition coefficient (Wildman–Crippen LogP) is 0.984. The van der Waals surface area contributed by atoms with E-state index in [1.165, 1.54) is 4.90 Å². The summed E-state index contributed by atoms with van der Waals surface area (Å²) in [5.74, 6) is 0. The van der Waals surface area contributed by atoms with Gasteiger partial charge < -0.3 is 15.3 Å². The van der Waals surface area contributed by atoms with Crippen LogP contribution in [0.3, 0.4) is 0 Å². The van der Waals surface area contributed by atoms with E-state index in [9.17, 15) is 4.79 Å². The molecule has 1 atom stereocenters. The van der Waals surface area contributed by atoms with Crippen molar-refractivity contribution in [3.05, 3.63) is 0 Å². The van der Waals surface area contributed by atoms with Gasteiger partial charge in [-0.05, 0) is 5.41 Å². The molecule has 0 aromatic carbocycles. The average Bonchev–Trinajstić information content (AvgIpc) is 2.03. The molecule has 0 spiro atoms. The van der Waals surface area contributed by atoms with E-state index in [-0.39, 0.29) is 11.5 Å². The second kappa shape index (κ2) is 3.54. The topological polar surface area (TPSA) is 52.6 Å². The Morgan fingerprint density at radius 2 is 2.15 bits per heavy atom. The minimum absolute atomic E-state index is 0.119. The number of carbonyl (C=O) groups is 1. The molecule has 1 aliphatic rings. The summed E-state index contributed by atoms with van der Waals surface area (Å²) in [6.07, 6.45) is -0.809. The zero-order valence-electron chi connectivity index (χ0n) is 8.50. The molecule has 2 N–H and O–H groups in total. The van der Waals surface area contributed by atoms with E-state index in [1.807, 2.05) is 0 Å². The molecule has 0 aromatic rings. The summed E-state index contributed by atoms with van der Waals surface area (Å²) in [5.41, 5.74) is 0.119. The van der Waals surface area contributed by atoms with Gasteiger partial charge in [0, 0.05) is 25.7 Å². The number of nitrogens with zero attached hydrogens (tertiary/aromatic N) is 1. The number of carboxylic acid groups (broad SMARTS) is 1. The zero-order chi connectivity index (χ0) is 10.1. The first-order valence-corrected chi connectivity index (χ1v) is 4.62. The fourth-order valence-electron chi connectivity index (χ4n) is 1.50. The van der Waals surface area contributed by atoms with Crippen LogP contribution in [-0.4, -0.2) is 41.8 Å². The number of amides is 1. The molecule has 1 rings (SSSR count). The number of hydrogen-bond donors (Lipinski definition) is 2. The predicted molar refractivity (Wildman–Crippen MR) is 50.8 cm³/mol. The van der Waals surface area contributed by atoms with Gasteiger partial charge in [-0.1, -0.05) is 20.8 Å². The third-order valence-electron chi connectivity index (χ3n) is 2.49. The largest absolute Gasteiger partial charge is 0.465 e. The third-order valence-corrected chi connectivity index (χ3v) is 2.49. The normalized spacial score (nSPS) is 24.5. The molecule has 4 heteroatoms. The van der Waals surface area contributed by atoms with Crippen LogP contribution < -0.4 is 5.32 Å². The van der Waals surface area contributed by atoms with Gasteiger partial charge in [0.2, 0.25) is 0 Å². The molecular weight excluding hydrogens is 168 g/mol. The zero-order valence-corrected chi connectivity index (χ0v) is 8.50. The molecule has 1 amide bonds. The van der Waals surface area contributed by atoms with E-state index in [2.05, 4.69) is 26.1 Å². The van der Waals surface area contributed by atoms with Crippen LogP contribution in [0.5, 0.6) is 0 Å². The van der Waals surface area contributed by atoms with Crippen molar-refractivity contribution in [1.29, 1.82) is 0 Å². The number of rotatable bonds is 0. The Hall–Kier alpha value is -0.770. The van der Waals surface area contributed by atoms with Crippen LogP contribution >= 0.6 is 0 Å². The molecule has 0 aliphatic carbocycles. The molecule has 13 heavy (non-hydrogen) atoms. The van der Waals surface area contributed by atoms with Crippen molar-refractivity contribution in [1.82, 2.24) is 10.2 Å². The highest BCUT2D eigenvalue weighted by Crippen LogP contribution is 2.21. The maximum absolute atomic E-state index is 10.7. The fourth-order valence-corrected chi connectivity index (χ4v) is 1.50. The molecule has 76 valence electrons. The molecule has 1 saturated heterocycles. The van der Waals surface area contributed by atoms with E-state index in [0.29, 0.717) is 13.1 Å². The van der Waals surface area contributed by atoms with Gasteiger partial charge in [-0.15, -0.1) is 0 Å². The van der Waals surface area contributed by atoms with Gasteiger partial charge in [-0.25, -0.2) is 4.79 Å². The van der Waals surface area contributed by atoms with Crippen molar-refractivity contribution in [3.63, 3.8) is 0 Å². The lowest BCUT2D eigenvalue weighted by Crippen LogP contribution is -2.56. The summed E-state index contributed by atoms with van der Waals surface area (Å²) in [6.45, 7) is 8.32. The molecule has 0 radical (unpaired) electrons. The van der Waals surface area contributed by atoms with Gasteiger partial charge in [-0.3, -0.25) is 0 Å². The smallest absolute Gasteiger partial charge is 0.407 e. The maximum Gasteiger partial charge on any atom is 0.407 e. The van der Waals surface area contributed by atoms with Gasteiger partial charge in [0.05, 0.1) is 0 Å². The number of piperazine rings is 1. The molecule has 1 fully saturated rings. The lowest BCUT2D eigenvalue weighted by Gasteiger charge is -2.39. The van der Waals surface area contributed by atoms with Gasteiger partial charge in [0.25, 0.3) is 0 Å². The minimum Gasteiger partial charge on any atom is -0.465 e. The van der Waals surface area contributed by atoms with Crippen molar-refractivity contribution in [2.75, 3.05) is 19.6 Å². The standard InChI is InChI=1S/C9H18N2O2/c1-9(2,3)7-6-11(8(12)13)5-4-10-7/h7,10H,4-6H2,1-3H3,(H,12,13). The lowest BCUT2D eigenvalue weighted by atomic mass is 9.85. The van der Waals surface area contributed by atoms with Crippen LogP contribution in [-0.2, 0) is 0 Å². The highest BCUT2D eigenvalue weighted by atomic mass is 16.4. The van der Waals surface area contributed by atoms with Crippen molar-refractivity contribution in [2.24, 2.45) is 5.41 Å². The first-order chi connectivity index (χ1) is 5.91. The van der Waals surface area contributed by atoms with E-state index >= 15 is 0 Å². The first kappa shape index (κ1) is 10.3. The Morgan fingerprint density at radius 1 is 1.54 bits per heavy atom. The third kappa shape index (κ3) is 2.59. The van der Waals surface area contributed by atoms with E-state index in [4.69, 9.17) is 5.11 Å². The average molecular weight is 186 g/mol. The van der Waals surface area contributed by atoms with Crippen LogP contribution in [0.4, 0.5) is 4.79 Å². The molecule has 1 aliphatic heterocycles. The first-order valence-electron chi connectivity index (χ1n) is 4.62. The molecule has 4 nitrogen and oxygen atoms in total. The molecule has 0 bridgehead atoms. The Kier molecular flexibility index (Phi) is 2.81. The van der Waals surface area contributed by atoms with E-state index in [0.717, 1.165) is 6.54 Å². The summed E-state index contributed by atoms with van der Waals surface area (Å²) >= 11 is 0. The van der Waals surface area contributed by atoms with Crippen LogP contribution in [0.25, 0.3) is 0 Å². The second-order valence-electron chi connectivity index (χ2n) is 4.60. The van der Waals surface area contributed by atoms with Crippen molar-refractivity contribution in [2.45, 2.75) is 26.8 Å². The highest BCUT2D eigenvalue weighted by molar-refractivity contribution is 5.65. The van der Waals surface area contributed by atoms with Crippen molar-refractivity contribution >= 4 is 6.09 Å². The Balaban J connectivity index is 2.57. The van der Waals surface area contributed by atoms with Crippen molar-refractivity contribution in [3.8, 4) is 0 Å². The van der Waals surface area contributed by atoms with Crippen LogP contribution in [0.1, 0.15) is 20.8 Å². The van der Waals surface area contributed by atoms with E-state index in [1.54, 1.807) is 0 Å². The van der Waals surface area contributed by atoms with Gasteiger partial charge >= 0.3 is 6.09 Å². The van der Waals surface area contributed by atoms with Gasteiger partial charge in [0.15, 0.2) is 0 Å². The second-order valence-corrected chi connectivity index (χ2v) is 4.60. The monoisotopic (exact) mass is 186 g/mol. The molecule has 1 unspecified atom stereocenters. The lowest BCUT2D eigenvalue weighted by molar-refractivity contribution is 0.107. The SMILES string of the molecule is CC(C)(C)C1CN(C(=O)O)CCN1. The summed E-state index contributed by atoms with van der Waals surface area (Å²) in [5, 5.41) is 12.2. The van der Waals surface area contributed by atoms with E-state index < -0.39 is 6.09 Å². The summed E-state index contributed by atoms with van der Waals surface area (Å²) in [6, 6.07) is 0.261. The number of hydrogen-bond acceptors (Lipinski definition) is 2. The molecule has 0 saturated carbocycles. The quantitative estimate of drug-likeness (QED) is 0.593. The van der Waals surface area contributed by atoms with Crippen LogP contribution in [0, 0.1) is 5.41 Å². The van der Waals surface area contributed by atoms with Gasteiger partial charge in [-0.2, -0.15) is 0 Å². The molecule has 0 aromatic heterocycles. The summed E-state index contributed by atoms with van der Waals surface area (Å²) < 4.78 is 0.